The number of hydrogen-bond donors (Lipinski definition) is 2. The Kier molecular flexibility index (Phi) is 8.89. The van der Waals surface area contributed by atoms with Crippen molar-refractivity contribution in [1.82, 2.24) is 5.32 Å². The van der Waals surface area contributed by atoms with Gasteiger partial charge in [0.05, 0.1) is 0 Å². The van der Waals surface area contributed by atoms with Crippen molar-refractivity contribution in [2.24, 2.45) is 11.8 Å². The topological polar surface area (TPSA) is 49.3 Å². The number of nitrogens with one attached hydrogen (secondary N) is 1. The molecule has 1 amide bonds. The van der Waals surface area contributed by atoms with E-state index in [0.717, 1.165) is 25.8 Å². The highest BCUT2D eigenvalue weighted by Gasteiger charge is 2.16. The molecule has 1 unspecified atom stereocenters. The highest BCUT2D eigenvalue weighted by molar-refractivity contribution is 5.76. The molecule has 0 aromatic rings. The van der Waals surface area contributed by atoms with Gasteiger partial charge >= 0.3 is 0 Å². The number of carbonyl (C=O) groups excluding carboxylic acids is 1. The van der Waals surface area contributed by atoms with Crippen LogP contribution in [-0.2, 0) is 4.79 Å². The van der Waals surface area contributed by atoms with Gasteiger partial charge in [-0.3, -0.25) is 4.79 Å². The molecule has 1 aliphatic carbocycles. The molecular formula is C16H31NO2. The largest absolute Gasteiger partial charge is 0.396 e. The smallest absolute Gasteiger partial charge is 0.220 e. The molecule has 3 nitrogen and oxygen atoms in total. The predicted octanol–water partition coefficient (Wildman–Crippen LogP) is 3.26. The van der Waals surface area contributed by atoms with E-state index in [4.69, 9.17) is 5.11 Å². The molecule has 0 aliphatic heterocycles. The highest BCUT2D eigenvalue weighted by atomic mass is 16.3. The van der Waals surface area contributed by atoms with Gasteiger partial charge in [-0.2, -0.15) is 0 Å². The number of aliphatic hydroxyl groups excluding tert-OH is 1. The normalized spacial score (nSPS) is 18.8. The monoisotopic (exact) mass is 269 g/mol. The molecule has 0 saturated heterocycles. The lowest BCUT2D eigenvalue weighted by atomic mass is 9.96. The van der Waals surface area contributed by atoms with E-state index in [-0.39, 0.29) is 12.5 Å². The Morgan fingerprint density at radius 1 is 1.21 bits per heavy atom. The summed E-state index contributed by atoms with van der Waals surface area (Å²) in [4.78, 5) is 12.0. The van der Waals surface area contributed by atoms with Crippen molar-refractivity contribution in [2.75, 3.05) is 13.2 Å². The first-order valence-electron chi connectivity index (χ1n) is 8.13. The average molecular weight is 269 g/mol. The minimum atomic E-state index is 0.214. The second-order valence-corrected chi connectivity index (χ2v) is 6.03. The Bertz CT molecular complexity index is 229. The van der Waals surface area contributed by atoms with E-state index in [1.807, 2.05) is 0 Å². The summed E-state index contributed by atoms with van der Waals surface area (Å²) in [6.45, 7) is 3.11. The van der Waals surface area contributed by atoms with Crippen LogP contribution in [0.2, 0.25) is 0 Å². The molecule has 1 rings (SSSR count). The van der Waals surface area contributed by atoms with Gasteiger partial charge in [0.2, 0.25) is 5.91 Å². The molecule has 1 saturated carbocycles. The first-order chi connectivity index (χ1) is 9.26. The summed E-state index contributed by atoms with van der Waals surface area (Å²) in [6, 6.07) is 0. The summed E-state index contributed by atoms with van der Waals surface area (Å²) < 4.78 is 0. The summed E-state index contributed by atoms with van der Waals surface area (Å²) in [5.74, 6) is 1.25. The van der Waals surface area contributed by atoms with Gasteiger partial charge in [-0.15, -0.1) is 0 Å². The molecule has 1 aliphatic rings. The third-order valence-corrected chi connectivity index (χ3v) is 4.27. The quantitative estimate of drug-likeness (QED) is 0.664. The third-order valence-electron chi connectivity index (χ3n) is 4.27. The molecule has 2 N–H and O–H groups in total. The van der Waals surface area contributed by atoms with E-state index in [9.17, 15) is 4.79 Å². The fourth-order valence-corrected chi connectivity index (χ4v) is 3.10. The summed E-state index contributed by atoms with van der Waals surface area (Å²) in [5, 5.41) is 12.1. The fraction of sp³-hybridized carbons (Fsp3) is 0.938. The molecule has 3 heteroatoms. The van der Waals surface area contributed by atoms with Crippen LogP contribution in [0.1, 0.15) is 71.1 Å². The van der Waals surface area contributed by atoms with Crippen molar-refractivity contribution in [3.8, 4) is 0 Å². The van der Waals surface area contributed by atoms with Crippen molar-refractivity contribution in [2.45, 2.75) is 71.1 Å². The van der Waals surface area contributed by atoms with Gasteiger partial charge < -0.3 is 10.4 Å². The van der Waals surface area contributed by atoms with Gasteiger partial charge in [0.25, 0.3) is 0 Å². The standard InChI is InChI=1S/C16H31NO2/c1-2-7-15(10-11-18)13-17-16(19)12-14-8-5-3-4-6-9-14/h14-15,18H,2-13H2,1H3,(H,17,19). The Morgan fingerprint density at radius 2 is 1.89 bits per heavy atom. The molecule has 0 aromatic heterocycles. The van der Waals surface area contributed by atoms with Crippen LogP contribution in [0.3, 0.4) is 0 Å². The van der Waals surface area contributed by atoms with Crippen LogP contribution in [0.25, 0.3) is 0 Å². The lowest BCUT2D eigenvalue weighted by Gasteiger charge is -2.18. The second kappa shape index (κ2) is 10.2. The molecule has 0 aromatic carbocycles. The maximum absolute atomic E-state index is 12.0. The van der Waals surface area contributed by atoms with E-state index < -0.39 is 0 Å². The van der Waals surface area contributed by atoms with E-state index in [1.165, 1.54) is 38.5 Å². The zero-order valence-electron chi connectivity index (χ0n) is 12.5. The van der Waals surface area contributed by atoms with Gasteiger partial charge in [0.1, 0.15) is 0 Å². The molecule has 0 heterocycles. The minimum absolute atomic E-state index is 0.214. The Morgan fingerprint density at radius 3 is 2.47 bits per heavy atom. The van der Waals surface area contributed by atoms with Crippen molar-refractivity contribution >= 4 is 5.91 Å². The van der Waals surface area contributed by atoms with Gasteiger partial charge in [-0.25, -0.2) is 0 Å². The van der Waals surface area contributed by atoms with Crippen LogP contribution in [0.5, 0.6) is 0 Å². The van der Waals surface area contributed by atoms with E-state index >= 15 is 0 Å². The van der Waals surface area contributed by atoms with Crippen molar-refractivity contribution in [1.29, 1.82) is 0 Å². The van der Waals surface area contributed by atoms with Crippen molar-refractivity contribution in [3.05, 3.63) is 0 Å². The lowest BCUT2D eigenvalue weighted by Crippen LogP contribution is -2.31. The molecule has 0 bridgehead atoms. The molecule has 0 spiro atoms. The Balaban J connectivity index is 2.21. The van der Waals surface area contributed by atoms with Gasteiger partial charge in [0, 0.05) is 19.6 Å². The number of rotatable bonds is 8. The number of aliphatic hydroxyl groups is 1. The van der Waals surface area contributed by atoms with Gasteiger partial charge in [-0.1, -0.05) is 39.0 Å². The van der Waals surface area contributed by atoms with Crippen LogP contribution in [0, 0.1) is 11.8 Å². The third kappa shape index (κ3) is 7.56. The number of carbonyl (C=O) groups is 1. The van der Waals surface area contributed by atoms with Gasteiger partial charge in [-0.05, 0) is 37.5 Å². The highest BCUT2D eigenvalue weighted by Crippen LogP contribution is 2.25. The first-order valence-corrected chi connectivity index (χ1v) is 8.13. The maximum atomic E-state index is 12.0. The molecular weight excluding hydrogens is 238 g/mol. The number of amides is 1. The van der Waals surface area contributed by atoms with Crippen LogP contribution >= 0.6 is 0 Å². The van der Waals surface area contributed by atoms with Crippen LogP contribution < -0.4 is 5.32 Å². The van der Waals surface area contributed by atoms with E-state index in [0.29, 0.717) is 18.3 Å². The molecule has 1 atom stereocenters. The van der Waals surface area contributed by atoms with Crippen LogP contribution in [-0.4, -0.2) is 24.2 Å². The van der Waals surface area contributed by atoms with Crippen LogP contribution in [0.4, 0.5) is 0 Å². The Labute approximate surface area is 118 Å². The van der Waals surface area contributed by atoms with Crippen molar-refractivity contribution < 1.29 is 9.90 Å². The summed E-state index contributed by atoms with van der Waals surface area (Å²) in [7, 11) is 0. The SMILES string of the molecule is CCCC(CCO)CNC(=O)CC1CCCCCC1. The molecule has 19 heavy (non-hydrogen) atoms. The summed E-state index contributed by atoms with van der Waals surface area (Å²) >= 11 is 0. The predicted molar refractivity (Wildman–Crippen MR) is 78.9 cm³/mol. The Hall–Kier alpha value is -0.570. The average Bonchev–Trinajstić information content (AvgIpc) is 2.65. The second-order valence-electron chi connectivity index (χ2n) is 6.03. The van der Waals surface area contributed by atoms with Crippen molar-refractivity contribution in [3.63, 3.8) is 0 Å². The minimum Gasteiger partial charge on any atom is -0.396 e. The summed E-state index contributed by atoms with van der Waals surface area (Å²) in [5.41, 5.74) is 0. The zero-order valence-corrected chi connectivity index (χ0v) is 12.5. The molecule has 112 valence electrons. The first kappa shape index (κ1) is 16.5. The number of hydrogen-bond acceptors (Lipinski definition) is 2. The van der Waals surface area contributed by atoms with Crippen LogP contribution in [0.15, 0.2) is 0 Å². The van der Waals surface area contributed by atoms with E-state index in [2.05, 4.69) is 12.2 Å². The lowest BCUT2D eigenvalue weighted by molar-refractivity contribution is -0.122. The summed E-state index contributed by atoms with van der Waals surface area (Å²) in [6.07, 6.45) is 11.4. The zero-order chi connectivity index (χ0) is 13.9. The van der Waals surface area contributed by atoms with Gasteiger partial charge in [0.15, 0.2) is 0 Å². The van der Waals surface area contributed by atoms with E-state index in [1.54, 1.807) is 0 Å². The molecule has 1 fully saturated rings. The fourth-order valence-electron chi connectivity index (χ4n) is 3.10. The maximum Gasteiger partial charge on any atom is 0.220 e. The molecule has 0 radical (unpaired) electrons.